The number of halogens is 3. The molecule has 0 aliphatic carbocycles. The van der Waals surface area contributed by atoms with Gasteiger partial charge in [0.05, 0.1) is 12.2 Å². The van der Waals surface area contributed by atoms with E-state index in [1.807, 2.05) is 15.9 Å². The van der Waals surface area contributed by atoms with Crippen LogP contribution in [-0.4, -0.2) is 42.2 Å². The van der Waals surface area contributed by atoms with E-state index in [1.165, 1.54) is 11.1 Å². The lowest BCUT2D eigenvalue weighted by atomic mass is 10.2. The molecule has 18 heavy (non-hydrogen) atoms. The number of alkyl halides is 3. The van der Waals surface area contributed by atoms with Crippen molar-refractivity contribution >= 4 is 27.7 Å². The predicted octanol–water partition coefficient (Wildman–Crippen LogP) is 2.11. The van der Waals surface area contributed by atoms with Crippen LogP contribution >= 0.6 is 15.9 Å². The van der Waals surface area contributed by atoms with Crippen molar-refractivity contribution in [2.24, 2.45) is 0 Å². The van der Waals surface area contributed by atoms with Gasteiger partial charge in [-0.2, -0.15) is 8.78 Å². The summed E-state index contributed by atoms with van der Waals surface area (Å²) >= 11 is 1.93. The maximum atomic E-state index is 12.5. The Morgan fingerprint density at radius 1 is 1.33 bits per heavy atom. The summed E-state index contributed by atoms with van der Waals surface area (Å²) in [6.45, 7) is 1.77. The average Bonchev–Trinajstić information content (AvgIpc) is 2.22. The van der Waals surface area contributed by atoms with Crippen LogP contribution in [0.5, 0.6) is 0 Å². The highest BCUT2D eigenvalue weighted by atomic mass is 79.9. The summed E-state index contributed by atoms with van der Waals surface area (Å²) < 4.78 is 29.8. The van der Waals surface area contributed by atoms with Crippen LogP contribution in [0.25, 0.3) is 0 Å². The quantitative estimate of drug-likeness (QED) is 0.325. The minimum Gasteiger partial charge on any atom is -0.462 e. The molecule has 0 spiro atoms. The molecule has 0 saturated heterocycles. The van der Waals surface area contributed by atoms with E-state index in [0.717, 1.165) is 6.08 Å². The summed E-state index contributed by atoms with van der Waals surface area (Å²) in [4.78, 5) is 20.3. The Morgan fingerprint density at radius 2 is 1.89 bits per heavy atom. The Balaban J connectivity index is 4.98. The summed E-state index contributed by atoms with van der Waals surface area (Å²) in [5, 5.41) is 0. The molecule has 7 heteroatoms. The lowest BCUT2D eigenvalue weighted by Crippen LogP contribution is -2.18. The summed E-state index contributed by atoms with van der Waals surface area (Å²) in [7, 11) is 3.29. The summed E-state index contributed by atoms with van der Waals surface area (Å²) in [6, 6.07) is 0. The molecule has 0 radical (unpaired) electrons. The van der Waals surface area contributed by atoms with Crippen molar-refractivity contribution in [1.29, 1.82) is 0 Å². The van der Waals surface area contributed by atoms with Gasteiger partial charge in [-0.15, -0.1) is 0 Å². The first-order valence-electron chi connectivity index (χ1n) is 5.03. The molecule has 0 fully saturated rings. The third-order valence-corrected chi connectivity index (χ3v) is 1.99. The predicted molar refractivity (Wildman–Crippen MR) is 66.4 cm³/mol. The number of esters is 1. The van der Waals surface area contributed by atoms with E-state index < -0.39 is 16.6 Å². The van der Waals surface area contributed by atoms with Gasteiger partial charge in [-0.1, -0.05) is 0 Å². The number of hydrogen-bond acceptors (Lipinski definition) is 4. The highest BCUT2D eigenvalue weighted by Gasteiger charge is 2.32. The number of nitrogens with zero attached hydrogens (tertiary/aromatic N) is 1. The van der Waals surface area contributed by atoms with Gasteiger partial charge in [0.1, 0.15) is 0 Å². The van der Waals surface area contributed by atoms with Crippen molar-refractivity contribution in [3.05, 3.63) is 23.9 Å². The molecular weight excluding hydrogens is 312 g/mol. The van der Waals surface area contributed by atoms with Gasteiger partial charge in [0.15, 0.2) is 0 Å². The van der Waals surface area contributed by atoms with Crippen LogP contribution < -0.4 is 0 Å². The second kappa shape index (κ2) is 7.25. The fraction of sp³-hybridized carbons (Fsp3) is 0.455. The van der Waals surface area contributed by atoms with E-state index in [9.17, 15) is 18.4 Å². The summed E-state index contributed by atoms with van der Waals surface area (Å²) in [6.07, 6.45) is 2.99. The number of allylic oxidation sites excluding steroid dienone is 1. The second-order valence-electron chi connectivity index (χ2n) is 3.46. The maximum absolute atomic E-state index is 12.5. The molecule has 0 unspecified atom stereocenters. The molecule has 0 aromatic rings. The SMILES string of the molecule is CCOC(=O)C(C=CC(=O)C(F)(F)Br)=CN(C)C. The van der Waals surface area contributed by atoms with Crippen molar-refractivity contribution in [2.45, 2.75) is 11.8 Å². The van der Waals surface area contributed by atoms with Crippen LogP contribution in [0, 0.1) is 0 Å². The molecule has 0 aromatic carbocycles. The van der Waals surface area contributed by atoms with Gasteiger partial charge in [0.2, 0.25) is 5.78 Å². The Bertz CT molecular complexity index is 373. The van der Waals surface area contributed by atoms with E-state index in [4.69, 9.17) is 4.74 Å². The van der Waals surface area contributed by atoms with Crippen molar-refractivity contribution < 1.29 is 23.1 Å². The fourth-order valence-corrected chi connectivity index (χ4v) is 1.05. The Hall–Kier alpha value is -1.24. The lowest BCUT2D eigenvalue weighted by Gasteiger charge is -2.08. The molecule has 0 saturated carbocycles. The van der Waals surface area contributed by atoms with Gasteiger partial charge in [0, 0.05) is 20.3 Å². The standard InChI is InChI=1S/C11H14BrF2NO3/c1-4-18-10(17)8(7-15(2)3)5-6-9(16)11(12,13)14/h5-7H,4H2,1-3H3. The number of ketones is 1. The molecular formula is C11H14BrF2NO3. The maximum Gasteiger partial charge on any atom is 0.362 e. The van der Waals surface area contributed by atoms with E-state index in [0.29, 0.717) is 6.08 Å². The molecule has 0 heterocycles. The van der Waals surface area contributed by atoms with Gasteiger partial charge in [-0.05, 0) is 35.0 Å². The van der Waals surface area contributed by atoms with Crippen LogP contribution in [0.3, 0.4) is 0 Å². The molecule has 0 bridgehead atoms. The third kappa shape index (κ3) is 6.48. The van der Waals surface area contributed by atoms with Crippen LogP contribution in [-0.2, 0) is 14.3 Å². The summed E-state index contributed by atoms with van der Waals surface area (Å²) in [5.41, 5.74) is 0.00644. The molecule has 0 aliphatic rings. The highest BCUT2D eigenvalue weighted by molar-refractivity contribution is 9.10. The van der Waals surface area contributed by atoms with Crippen LogP contribution in [0.1, 0.15) is 6.92 Å². The lowest BCUT2D eigenvalue weighted by molar-refractivity contribution is -0.138. The van der Waals surface area contributed by atoms with Gasteiger partial charge in [-0.25, -0.2) is 4.79 Å². The Morgan fingerprint density at radius 3 is 2.28 bits per heavy atom. The number of carbonyl (C=O) groups excluding carboxylic acids is 2. The number of carbonyl (C=O) groups is 2. The average molecular weight is 326 g/mol. The topological polar surface area (TPSA) is 46.6 Å². The molecule has 0 amide bonds. The molecule has 0 aliphatic heterocycles. The first kappa shape index (κ1) is 16.8. The van der Waals surface area contributed by atoms with Gasteiger partial charge in [0.25, 0.3) is 0 Å². The second-order valence-corrected chi connectivity index (χ2v) is 4.46. The van der Waals surface area contributed by atoms with E-state index in [1.54, 1.807) is 21.0 Å². The zero-order chi connectivity index (χ0) is 14.3. The Labute approximate surface area is 112 Å². The normalized spacial score (nSPS) is 12.7. The minimum atomic E-state index is -3.64. The fourth-order valence-electron chi connectivity index (χ4n) is 0.916. The monoisotopic (exact) mass is 325 g/mol. The molecule has 0 rings (SSSR count). The van der Waals surface area contributed by atoms with Gasteiger partial charge < -0.3 is 9.64 Å². The van der Waals surface area contributed by atoms with Crippen molar-refractivity contribution in [1.82, 2.24) is 4.90 Å². The first-order valence-corrected chi connectivity index (χ1v) is 5.82. The molecule has 0 atom stereocenters. The molecule has 102 valence electrons. The van der Waals surface area contributed by atoms with Crippen molar-refractivity contribution in [3.63, 3.8) is 0 Å². The van der Waals surface area contributed by atoms with Crippen LogP contribution in [0.2, 0.25) is 0 Å². The number of rotatable bonds is 6. The summed E-state index contributed by atoms with van der Waals surface area (Å²) in [5.74, 6) is -2.13. The molecule has 0 aromatic heterocycles. The van der Waals surface area contributed by atoms with Crippen LogP contribution in [0.15, 0.2) is 23.9 Å². The zero-order valence-corrected chi connectivity index (χ0v) is 11.8. The highest BCUT2D eigenvalue weighted by Crippen LogP contribution is 2.23. The minimum absolute atomic E-state index is 0.00644. The van der Waals surface area contributed by atoms with Crippen molar-refractivity contribution in [3.8, 4) is 0 Å². The van der Waals surface area contributed by atoms with Crippen molar-refractivity contribution in [2.75, 3.05) is 20.7 Å². The molecule has 0 N–H and O–H groups in total. The largest absolute Gasteiger partial charge is 0.462 e. The smallest absolute Gasteiger partial charge is 0.362 e. The van der Waals surface area contributed by atoms with E-state index in [2.05, 4.69) is 0 Å². The number of ether oxygens (including phenoxy) is 1. The number of hydrogen-bond donors (Lipinski definition) is 0. The van der Waals surface area contributed by atoms with Crippen LogP contribution in [0.4, 0.5) is 8.78 Å². The zero-order valence-electron chi connectivity index (χ0n) is 10.2. The third-order valence-electron chi connectivity index (χ3n) is 1.60. The molecule has 4 nitrogen and oxygen atoms in total. The Kier molecular flexibility index (Phi) is 6.75. The first-order chi connectivity index (χ1) is 8.18. The van der Waals surface area contributed by atoms with E-state index >= 15 is 0 Å². The van der Waals surface area contributed by atoms with Gasteiger partial charge >= 0.3 is 10.8 Å². The van der Waals surface area contributed by atoms with Gasteiger partial charge in [-0.3, -0.25) is 4.79 Å². The van der Waals surface area contributed by atoms with E-state index in [-0.39, 0.29) is 12.2 Å².